The molecule has 6 aromatic rings. The number of dihydropyridines is 1. The molecule has 0 saturated carbocycles. The molecule has 0 amide bonds. The van der Waals surface area contributed by atoms with Gasteiger partial charge in [-0.15, -0.1) is 0 Å². The quantitative estimate of drug-likeness (QED) is 0.178. The van der Waals surface area contributed by atoms with E-state index in [0.717, 1.165) is 12.2 Å². The second kappa shape index (κ2) is 11.6. The molecule has 218 valence electrons. The first-order valence-electron chi connectivity index (χ1n) is 15.7. The van der Waals surface area contributed by atoms with Crippen molar-refractivity contribution in [2.24, 2.45) is 0 Å². The van der Waals surface area contributed by atoms with Crippen LogP contribution >= 0.6 is 0 Å². The predicted octanol–water partition coefficient (Wildman–Crippen LogP) is 9.44. The Bertz CT molecular complexity index is 2050. The third-order valence-corrected chi connectivity index (χ3v) is 9.09. The van der Waals surface area contributed by atoms with Crippen LogP contribution in [0.5, 0.6) is 0 Å². The van der Waals surface area contributed by atoms with Gasteiger partial charge in [0.1, 0.15) is 6.17 Å². The maximum Gasteiger partial charge on any atom is 0.105 e. The van der Waals surface area contributed by atoms with E-state index < -0.39 is 0 Å². The molecule has 2 heterocycles. The first kappa shape index (κ1) is 27.2. The third-order valence-electron chi connectivity index (χ3n) is 9.09. The van der Waals surface area contributed by atoms with Crippen molar-refractivity contribution in [1.82, 2.24) is 16.0 Å². The molecule has 0 fully saturated rings. The van der Waals surface area contributed by atoms with Crippen molar-refractivity contribution in [3.8, 4) is 11.1 Å². The molecule has 0 radical (unpaired) electrons. The molecule has 2 unspecified atom stereocenters. The smallest absolute Gasteiger partial charge is 0.105 e. The van der Waals surface area contributed by atoms with Gasteiger partial charge in [-0.05, 0) is 80.2 Å². The van der Waals surface area contributed by atoms with E-state index in [1.165, 1.54) is 66.1 Å². The largest absolute Gasteiger partial charge is 0.387 e. The van der Waals surface area contributed by atoms with Crippen LogP contribution in [0.4, 0.5) is 0 Å². The molecule has 45 heavy (non-hydrogen) atoms. The summed E-state index contributed by atoms with van der Waals surface area (Å²) < 4.78 is 0. The maximum atomic E-state index is 4.00. The Balaban J connectivity index is 1.29. The molecule has 0 saturated heterocycles. The minimum Gasteiger partial charge on any atom is -0.387 e. The lowest BCUT2D eigenvalue weighted by Crippen LogP contribution is -2.39. The van der Waals surface area contributed by atoms with E-state index in [9.17, 15) is 0 Å². The molecular formula is C42H35N3. The van der Waals surface area contributed by atoms with Crippen LogP contribution in [0, 0.1) is 6.92 Å². The fraction of sp³-hybridized carbons (Fsp3) is 0.0952. The second-order valence-corrected chi connectivity index (χ2v) is 11.9. The van der Waals surface area contributed by atoms with Crippen molar-refractivity contribution in [2.75, 3.05) is 6.54 Å². The highest BCUT2D eigenvalue weighted by Crippen LogP contribution is 2.43. The van der Waals surface area contributed by atoms with Gasteiger partial charge in [0.15, 0.2) is 0 Å². The summed E-state index contributed by atoms with van der Waals surface area (Å²) in [5, 5.41) is 16.2. The van der Waals surface area contributed by atoms with Crippen LogP contribution in [0.25, 0.3) is 43.9 Å². The number of hydrogen-bond donors (Lipinski definition) is 3. The van der Waals surface area contributed by atoms with Crippen LogP contribution in [-0.4, -0.2) is 6.54 Å². The summed E-state index contributed by atoms with van der Waals surface area (Å²) in [5.41, 5.74) is 11.1. The number of allylic oxidation sites excluding steroid dienone is 2. The van der Waals surface area contributed by atoms with Gasteiger partial charge in [-0.1, -0.05) is 139 Å². The Morgan fingerprint density at radius 1 is 0.600 bits per heavy atom. The van der Waals surface area contributed by atoms with Gasteiger partial charge in [-0.3, -0.25) is 5.32 Å². The Morgan fingerprint density at radius 3 is 1.87 bits per heavy atom. The molecular weight excluding hydrogens is 546 g/mol. The van der Waals surface area contributed by atoms with Gasteiger partial charge < -0.3 is 10.6 Å². The van der Waals surface area contributed by atoms with Crippen molar-refractivity contribution < 1.29 is 0 Å². The fourth-order valence-corrected chi connectivity index (χ4v) is 6.84. The van der Waals surface area contributed by atoms with Crippen LogP contribution in [0.1, 0.15) is 40.0 Å². The Hall–Kier alpha value is -5.38. The summed E-state index contributed by atoms with van der Waals surface area (Å²) in [6.07, 6.45) is 8.61. The molecule has 6 aromatic carbocycles. The average Bonchev–Trinajstić information content (AvgIpc) is 3.11. The van der Waals surface area contributed by atoms with E-state index in [1.807, 2.05) is 6.20 Å². The number of benzene rings is 6. The van der Waals surface area contributed by atoms with E-state index in [-0.39, 0.29) is 12.2 Å². The normalized spacial score (nSPS) is 17.8. The molecule has 3 N–H and O–H groups in total. The Kier molecular flexibility index (Phi) is 7.01. The first-order valence-corrected chi connectivity index (χ1v) is 15.7. The highest BCUT2D eigenvalue weighted by molar-refractivity contribution is 6.15. The van der Waals surface area contributed by atoms with E-state index in [1.54, 1.807) is 0 Å². The van der Waals surface area contributed by atoms with Gasteiger partial charge in [0.2, 0.25) is 0 Å². The summed E-state index contributed by atoms with van der Waals surface area (Å²) in [4.78, 5) is 0. The summed E-state index contributed by atoms with van der Waals surface area (Å²) in [5.74, 6) is 0. The zero-order valence-corrected chi connectivity index (χ0v) is 25.3. The van der Waals surface area contributed by atoms with Crippen LogP contribution in [0.2, 0.25) is 0 Å². The highest BCUT2D eigenvalue weighted by Gasteiger charge is 2.28. The number of fused-ring (bicyclic) bond motifs is 2. The third kappa shape index (κ3) is 5.12. The van der Waals surface area contributed by atoms with E-state index >= 15 is 0 Å². The van der Waals surface area contributed by atoms with Crippen molar-refractivity contribution >= 4 is 32.8 Å². The van der Waals surface area contributed by atoms with Gasteiger partial charge in [-0.2, -0.15) is 0 Å². The highest BCUT2D eigenvalue weighted by atomic mass is 15.2. The number of aryl methyl sites for hydroxylation is 1. The number of hydrogen-bond acceptors (Lipinski definition) is 3. The molecule has 0 aromatic heterocycles. The molecule has 0 spiro atoms. The molecule has 2 atom stereocenters. The van der Waals surface area contributed by atoms with Gasteiger partial charge in [-0.25, -0.2) is 0 Å². The maximum absolute atomic E-state index is 4.00. The van der Waals surface area contributed by atoms with Crippen molar-refractivity contribution in [3.05, 3.63) is 180 Å². The molecule has 0 bridgehead atoms. The molecule has 3 heteroatoms. The second-order valence-electron chi connectivity index (χ2n) is 11.9. The van der Waals surface area contributed by atoms with Crippen molar-refractivity contribution in [2.45, 2.75) is 19.1 Å². The van der Waals surface area contributed by atoms with E-state index in [4.69, 9.17) is 0 Å². The summed E-state index contributed by atoms with van der Waals surface area (Å²) in [6.45, 7) is 3.00. The summed E-state index contributed by atoms with van der Waals surface area (Å²) >= 11 is 0. The molecule has 3 nitrogen and oxygen atoms in total. The van der Waals surface area contributed by atoms with Gasteiger partial charge >= 0.3 is 0 Å². The monoisotopic (exact) mass is 581 g/mol. The molecule has 2 aliphatic rings. The zero-order chi connectivity index (χ0) is 30.2. The van der Waals surface area contributed by atoms with Gasteiger partial charge in [0.05, 0.1) is 6.04 Å². The van der Waals surface area contributed by atoms with Crippen LogP contribution < -0.4 is 16.0 Å². The van der Waals surface area contributed by atoms with Gasteiger partial charge in [0, 0.05) is 17.8 Å². The van der Waals surface area contributed by atoms with Crippen LogP contribution in [0.15, 0.2) is 152 Å². The van der Waals surface area contributed by atoms with Gasteiger partial charge in [0.25, 0.3) is 0 Å². The SMILES string of the molecule is Cc1ccc(C2C=C(c3ccc(C4=CCNC=C4)cc3)NC(c3c4ccccc4c(-c4ccccc4)c4ccccc34)N2)cc1. The van der Waals surface area contributed by atoms with Crippen LogP contribution in [0.3, 0.4) is 0 Å². The number of nitrogens with one attached hydrogen (secondary N) is 3. The first-order chi connectivity index (χ1) is 22.2. The topological polar surface area (TPSA) is 36.1 Å². The van der Waals surface area contributed by atoms with E-state index in [0.29, 0.717) is 0 Å². The number of rotatable bonds is 5. The Morgan fingerprint density at radius 2 is 1.22 bits per heavy atom. The van der Waals surface area contributed by atoms with Crippen LogP contribution in [-0.2, 0) is 0 Å². The molecule has 8 rings (SSSR count). The summed E-state index contributed by atoms with van der Waals surface area (Å²) in [6, 6.07) is 46.4. The predicted molar refractivity (Wildman–Crippen MR) is 189 cm³/mol. The minimum absolute atomic E-state index is 0.0351. The lowest BCUT2D eigenvalue weighted by atomic mass is 9.86. The fourth-order valence-electron chi connectivity index (χ4n) is 6.84. The standard InChI is InChI=1S/C42H35N3/c1-28-15-17-31(18-16-28)38-27-39(32-21-19-29(20-22-32)30-23-25-43-26-24-30)45-42(44-38)41-36-13-7-5-11-34(36)40(33-9-3-2-4-10-33)35-12-6-8-14-37(35)41/h2-25,27,38,42-45H,26H2,1H3. The van der Waals surface area contributed by atoms with Crippen molar-refractivity contribution in [1.29, 1.82) is 0 Å². The lowest BCUT2D eigenvalue weighted by molar-refractivity contribution is 0.447. The zero-order valence-electron chi connectivity index (χ0n) is 25.3. The minimum atomic E-state index is -0.120. The van der Waals surface area contributed by atoms with Crippen molar-refractivity contribution in [3.63, 3.8) is 0 Å². The molecule has 2 aliphatic heterocycles. The molecule has 0 aliphatic carbocycles. The lowest BCUT2D eigenvalue weighted by Gasteiger charge is -2.35. The Labute approximate surface area is 264 Å². The summed E-state index contributed by atoms with van der Waals surface area (Å²) in [7, 11) is 0. The van der Waals surface area contributed by atoms with E-state index in [2.05, 4.69) is 168 Å². The average molecular weight is 582 g/mol.